The molecule has 2 saturated heterocycles. The van der Waals surface area contributed by atoms with E-state index >= 15 is 0 Å². The molecular formula is C16H20O7. The number of benzene rings is 1. The fourth-order valence-corrected chi connectivity index (χ4v) is 2.71. The maximum absolute atomic E-state index is 11.9. The summed E-state index contributed by atoms with van der Waals surface area (Å²) in [6, 6.07) is 8.50. The van der Waals surface area contributed by atoms with E-state index in [1.165, 1.54) is 0 Å². The van der Waals surface area contributed by atoms with Crippen LogP contribution in [0.1, 0.15) is 24.2 Å². The van der Waals surface area contributed by atoms with E-state index in [9.17, 15) is 15.0 Å². The van der Waals surface area contributed by atoms with Crippen molar-refractivity contribution in [2.24, 2.45) is 0 Å². The standard InChI is InChI=1S/C16H20O7/c1-16(2)22-13-12(18)11(17)10(21-15(13)23-16)8-20-14(19)9-6-4-3-5-7-9/h3-7,10-13,15,17-18H,8H2,1-2H3/t10?,11?,12?,13-,15-/m1/s1. The molecule has 3 unspecified atom stereocenters. The van der Waals surface area contributed by atoms with Gasteiger partial charge in [-0.3, -0.25) is 0 Å². The predicted octanol–water partition coefficient (Wildman–Crippen LogP) is 0.442. The average molecular weight is 324 g/mol. The van der Waals surface area contributed by atoms with Crippen LogP contribution in [0.2, 0.25) is 0 Å². The number of ether oxygens (including phenoxy) is 4. The molecule has 2 fully saturated rings. The zero-order chi connectivity index (χ0) is 16.6. The van der Waals surface area contributed by atoms with Gasteiger partial charge in [0.2, 0.25) is 0 Å². The summed E-state index contributed by atoms with van der Waals surface area (Å²) in [6.45, 7) is 3.19. The first-order valence-electron chi connectivity index (χ1n) is 7.47. The molecule has 0 spiro atoms. The second-order valence-corrected chi connectivity index (χ2v) is 6.09. The fraction of sp³-hybridized carbons (Fsp3) is 0.562. The Morgan fingerprint density at radius 1 is 1.17 bits per heavy atom. The summed E-state index contributed by atoms with van der Waals surface area (Å²) in [4.78, 5) is 11.9. The lowest BCUT2D eigenvalue weighted by Crippen LogP contribution is -2.57. The summed E-state index contributed by atoms with van der Waals surface area (Å²) >= 11 is 0. The maximum atomic E-state index is 11.9. The number of esters is 1. The lowest BCUT2D eigenvalue weighted by Gasteiger charge is -2.37. The van der Waals surface area contributed by atoms with Crippen molar-refractivity contribution in [3.63, 3.8) is 0 Å². The van der Waals surface area contributed by atoms with Gasteiger partial charge in [-0.2, -0.15) is 0 Å². The smallest absolute Gasteiger partial charge is 0.338 e. The van der Waals surface area contributed by atoms with Crippen molar-refractivity contribution < 1.29 is 34.0 Å². The van der Waals surface area contributed by atoms with Crippen LogP contribution in [0.5, 0.6) is 0 Å². The fourth-order valence-electron chi connectivity index (χ4n) is 2.71. The average Bonchev–Trinajstić information content (AvgIpc) is 2.84. The van der Waals surface area contributed by atoms with Crippen molar-refractivity contribution in [3.8, 4) is 0 Å². The molecule has 0 aliphatic carbocycles. The number of rotatable bonds is 3. The van der Waals surface area contributed by atoms with Gasteiger partial charge in [0.1, 0.15) is 31.0 Å². The minimum absolute atomic E-state index is 0.195. The summed E-state index contributed by atoms with van der Waals surface area (Å²) in [5.41, 5.74) is 0.401. The van der Waals surface area contributed by atoms with Gasteiger partial charge in [0.05, 0.1) is 5.56 Å². The second-order valence-electron chi connectivity index (χ2n) is 6.09. The summed E-state index contributed by atoms with van der Waals surface area (Å²) in [7, 11) is 0. The van der Waals surface area contributed by atoms with E-state index < -0.39 is 42.5 Å². The van der Waals surface area contributed by atoms with E-state index in [-0.39, 0.29) is 6.61 Å². The van der Waals surface area contributed by atoms with Crippen molar-refractivity contribution in [2.75, 3.05) is 6.61 Å². The quantitative estimate of drug-likeness (QED) is 0.779. The highest BCUT2D eigenvalue weighted by molar-refractivity contribution is 5.89. The van der Waals surface area contributed by atoms with E-state index in [0.717, 1.165) is 0 Å². The monoisotopic (exact) mass is 324 g/mol. The number of hydrogen-bond acceptors (Lipinski definition) is 7. The molecular weight excluding hydrogens is 304 g/mol. The molecule has 5 atom stereocenters. The van der Waals surface area contributed by atoms with Crippen LogP contribution in [0, 0.1) is 0 Å². The summed E-state index contributed by atoms with van der Waals surface area (Å²) in [5.74, 6) is -1.44. The Hall–Kier alpha value is -1.51. The third kappa shape index (κ3) is 3.39. The first-order chi connectivity index (χ1) is 10.9. The molecule has 2 aliphatic heterocycles. The molecule has 7 heteroatoms. The Kier molecular flexibility index (Phi) is 4.39. The van der Waals surface area contributed by atoms with Crippen molar-refractivity contribution in [3.05, 3.63) is 35.9 Å². The molecule has 2 aliphatic rings. The number of carbonyl (C=O) groups is 1. The van der Waals surface area contributed by atoms with Crippen molar-refractivity contribution in [1.82, 2.24) is 0 Å². The normalized spacial score (nSPS) is 35.6. The van der Waals surface area contributed by atoms with Gasteiger partial charge in [-0.25, -0.2) is 4.79 Å². The maximum Gasteiger partial charge on any atom is 0.338 e. The second kappa shape index (κ2) is 6.18. The largest absolute Gasteiger partial charge is 0.459 e. The van der Waals surface area contributed by atoms with Crippen LogP contribution >= 0.6 is 0 Å². The Morgan fingerprint density at radius 2 is 1.87 bits per heavy atom. The molecule has 1 aromatic carbocycles. The van der Waals surface area contributed by atoms with Crippen LogP contribution in [-0.2, 0) is 18.9 Å². The third-order valence-electron chi connectivity index (χ3n) is 3.85. The first-order valence-corrected chi connectivity index (χ1v) is 7.47. The van der Waals surface area contributed by atoms with E-state index in [1.54, 1.807) is 44.2 Å². The van der Waals surface area contributed by atoms with Gasteiger partial charge in [0.15, 0.2) is 12.1 Å². The number of hydrogen-bond donors (Lipinski definition) is 2. The number of fused-ring (bicyclic) bond motifs is 1. The summed E-state index contributed by atoms with van der Waals surface area (Å²) < 4.78 is 21.8. The minimum Gasteiger partial charge on any atom is -0.459 e. The van der Waals surface area contributed by atoms with Crippen LogP contribution in [0.25, 0.3) is 0 Å². The Morgan fingerprint density at radius 3 is 2.57 bits per heavy atom. The topological polar surface area (TPSA) is 94.5 Å². The van der Waals surface area contributed by atoms with Crippen molar-refractivity contribution in [2.45, 2.75) is 50.3 Å². The van der Waals surface area contributed by atoms with Gasteiger partial charge in [-0.15, -0.1) is 0 Å². The SMILES string of the molecule is CC1(C)O[C@H]2OC(COC(=O)c3ccccc3)C(O)C(O)[C@H]2O1. The molecule has 2 N–H and O–H groups in total. The molecule has 7 nitrogen and oxygen atoms in total. The van der Waals surface area contributed by atoms with Gasteiger partial charge in [-0.05, 0) is 26.0 Å². The number of carbonyl (C=O) groups excluding carboxylic acids is 1. The number of aliphatic hydroxyl groups excluding tert-OH is 2. The molecule has 2 heterocycles. The number of aliphatic hydroxyl groups is 2. The Balaban J connectivity index is 1.61. The Labute approximate surface area is 133 Å². The van der Waals surface area contributed by atoms with Gasteiger partial charge in [0, 0.05) is 0 Å². The van der Waals surface area contributed by atoms with E-state index in [0.29, 0.717) is 5.56 Å². The summed E-state index contributed by atoms with van der Waals surface area (Å²) in [5, 5.41) is 20.3. The molecule has 0 amide bonds. The molecule has 0 bridgehead atoms. The highest BCUT2D eigenvalue weighted by Crippen LogP contribution is 2.36. The highest BCUT2D eigenvalue weighted by Gasteiger charge is 2.53. The van der Waals surface area contributed by atoms with Gasteiger partial charge >= 0.3 is 5.97 Å². The van der Waals surface area contributed by atoms with Gasteiger partial charge in [0.25, 0.3) is 0 Å². The highest BCUT2D eigenvalue weighted by atomic mass is 16.8. The lowest BCUT2D eigenvalue weighted by atomic mass is 9.99. The third-order valence-corrected chi connectivity index (χ3v) is 3.85. The van der Waals surface area contributed by atoms with Crippen LogP contribution < -0.4 is 0 Å². The van der Waals surface area contributed by atoms with Crippen molar-refractivity contribution in [1.29, 1.82) is 0 Å². The van der Waals surface area contributed by atoms with Crippen LogP contribution in [0.4, 0.5) is 0 Å². The zero-order valence-corrected chi connectivity index (χ0v) is 12.9. The van der Waals surface area contributed by atoms with Crippen molar-refractivity contribution >= 4 is 5.97 Å². The Bertz CT molecular complexity index is 559. The van der Waals surface area contributed by atoms with Crippen LogP contribution in [-0.4, -0.2) is 59.3 Å². The molecule has 23 heavy (non-hydrogen) atoms. The van der Waals surface area contributed by atoms with Crippen LogP contribution in [0.15, 0.2) is 30.3 Å². The van der Waals surface area contributed by atoms with Gasteiger partial charge in [-0.1, -0.05) is 18.2 Å². The molecule has 1 aromatic rings. The van der Waals surface area contributed by atoms with E-state index in [4.69, 9.17) is 18.9 Å². The molecule has 0 aromatic heterocycles. The van der Waals surface area contributed by atoms with E-state index in [1.807, 2.05) is 0 Å². The molecule has 0 saturated carbocycles. The van der Waals surface area contributed by atoms with Crippen LogP contribution in [0.3, 0.4) is 0 Å². The molecule has 0 radical (unpaired) electrons. The van der Waals surface area contributed by atoms with E-state index in [2.05, 4.69) is 0 Å². The van der Waals surface area contributed by atoms with Gasteiger partial charge < -0.3 is 29.2 Å². The zero-order valence-electron chi connectivity index (χ0n) is 12.9. The molecule has 3 rings (SSSR count). The summed E-state index contributed by atoms with van der Waals surface area (Å²) in [6.07, 6.45) is -4.91. The first kappa shape index (κ1) is 16.4. The predicted molar refractivity (Wildman–Crippen MR) is 77.4 cm³/mol. The minimum atomic E-state index is -1.24. The molecule has 126 valence electrons. The lowest BCUT2D eigenvalue weighted by molar-refractivity contribution is -0.256.